The number of hydrogen-bond donors (Lipinski definition) is 3. The monoisotopic (exact) mass is 328 g/mol. The molecule has 1 aliphatic rings. The number of carbonyl (C=O) groups is 1. The predicted octanol–water partition coefficient (Wildman–Crippen LogP) is 0.652. The average molecular weight is 328 g/mol. The molecule has 134 valence electrons. The molecule has 23 heavy (non-hydrogen) atoms. The lowest BCUT2D eigenvalue weighted by Crippen LogP contribution is -2.51. The Labute approximate surface area is 139 Å². The van der Waals surface area contributed by atoms with Crippen LogP contribution in [0.15, 0.2) is 4.99 Å². The maximum Gasteiger partial charge on any atom is 0.242 e. The zero-order chi connectivity index (χ0) is 17.3. The summed E-state index contributed by atoms with van der Waals surface area (Å²) in [6.45, 7) is 10.7. The first-order valence-corrected chi connectivity index (χ1v) is 8.26. The molecule has 7 nitrogen and oxygen atoms in total. The van der Waals surface area contributed by atoms with Crippen LogP contribution in [0.25, 0.3) is 0 Å². The Balaban J connectivity index is 2.56. The molecule has 0 aliphatic carbocycles. The van der Waals surface area contributed by atoms with E-state index in [2.05, 4.69) is 20.9 Å². The van der Waals surface area contributed by atoms with Crippen LogP contribution in [0.4, 0.5) is 0 Å². The number of nitrogens with zero attached hydrogens (tertiary/aromatic N) is 1. The van der Waals surface area contributed by atoms with Crippen LogP contribution in [0.3, 0.4) is 0 Å². The number of hydrogen-bond acceptors (Lipinski definition) is 4. The standard InChI is InChI=1S/C16H32N4O3/c1-6-17-14(18-11-13(21)20-15(2,3)4)19-12-16(22-5)7-9-23-10-8-16/h6-12H2,1-5H3,(H,20,21)(H2,17,18,19). The number of amides is 1. The van der Waals surface area contributed by atoms with Gasteiger partial charge < -0.3 is 25.4 Å². The predicted molar refractivity (Wildman–Crippen MR) is 91.7 cm³/mol. The van der Waals surface area contributed by atoms with E-state index in [9.17, 15) is 4.79 Å². The minimum absolute atomic E-state index is 0.0930. The average Bonchev–Trinajstić information content (AvgIpc) is 2.49. The molecule has 1 aliphatic heterocycles. The highest BCUT2D eigenvalue weighted by Crippen LogP contribution is 2.23. The molecule has 0 bridgehead atoms. The van der Waals surface area contributed by atoms with Crippen molar-refractivity contribution in [3.8, 4) is 0 Å². The first kappa shape index (κ1) is 19.7. The maximum absolute atomic E-state index is 11.9. The molecule has 1 fully saturated rings. The number of rotatable bonds is 6. The Bertz CT molecular complexity index is 399. The second-order valence-corrected chi connectivity index (χ2v) is 6.85. The molecule has 0 atom stereocenters. The molecule has 0 aromatic rings. The minimum Gasteiger partial charge on any atom is -0.381 e. The molecule has 0 aromatic carbocycles. The van der Waals surface area contributed by atoms with Gasteiger partial charge in [0.05, 0.1) is 5.60 Å². The van der Waals surface area contributed by atoms with Gasteiger partial charge in [-0.1, -0.05) is 0 Å². The number of guanidine groups is 1. The zero-order valence-electron chi connectivity index (χ0n) is 15.1. The minimum atomic E-state index is -0.249. The molecular weight excluding hydrogens is 296 g/mol. The van der Waals surface area contributed by atoms with E-state index in [4.69, 9.17) is 9.47 Å². The summed E-state index contributed by atoms with van der Waals surface area (Å²) in [6, 6.07) is 0. The fourth-order valence-electron chi connectivity index (χ4n) is 2.39. The van der Waals surface area contributed by atoms with Gasteiger partial charge >= 0.3 is 0 Å². The van der Waals surface area contributed by atoms with Crippen molar-refractivity contribution in [2.45, 2.75) is 51.7 Å². The summed E-state index contributed by atoms with van der Waals surface area (Å²) in [6.07, 6.45) is 1.70. The van der Waals surface area contributed by atoms with E-state index in [1.165, 1.54) is 0 Å². The van der Waals surface area contributed by atoms with Crippen LogP contribution in [0, 0.1) is 0 Å². The Morgan fingerprint density at radius 1 is 1.26 bits per heavy atom. The second-order valence-electron chi connectivity index (χ2n) is 6.85. The lowest BCUT2D eigenvalue weighted by molar-refractivity contribution is -0.121. The summed E-state index contributed by atoms with van der Waals surface area (Å²) in [4.78, 5) is 16.2. The summed E-state index contributed by atoms with van der Waals surface area (Å²) >= 11 is 0. The van der Waals surface area contributed by atoms with Gasteiger partial charge in [0.15, 0.2) is 5.96 Å². The highest BCUT2D eigenvalue weighted by Gasteiger charge is 2.32. The van der Waals surface area contributed by atoms with Crippen LogP contribution in [-0.2, 0) is 14.3 Å². The zero-order valence-corrected chi connectivity index (χ0v) is 15.1. The largest absolute Gasteiger partial charge is 0.381 e. The molecule has 0 radical (unpaired) electrons. The van der Waals surface area contributed by atoms with Gasteiger partial charge in [-0.2, -0.15) is 0 Å². The van der Waals surface area contributed by atoms with Gasteiger partial charge in [-0.15, -0.1) is 0 Å². The van der Waals surface area contributed by atoms with E-state index in [1.807, 2.05) is 27.7 Å². The van der Waals surface area contributed by atoms with Crippen LogP contribution in [0.1, 0.15) is 40.5 Å². The summed E-state index contributed by atoms with van der Waals surface area (Å²) < 4.78 is 11.1. The number of carbonyl (C=O) groups excluding carboxylic acids is 1. The topological polar surface area (TPSA) is 84.0 Å². The Hall–Kier alpha value is -1.34. The van der Waals surface area contributed by atoms with Gasteiger partial charge in [0, 0.05) is 51.8 Å². The van der Waals surface area contributed by atoms with E-state index in [0.717, 1.165) is 19.4 Å². The van der Waals surface area contributed by atoms with E-state index >= 15 is 0 Å². The van der Waals surface area contributed by atoms with Crippen molar-refractivity contribution < 1.29 is 14.3 Å². The molecule has 0 aromatic heterocycles. The van der Waals surface area contributed by atoms with Gasteiger partial charge in [-0.25, -0.2) is 4.99 Å². The van der Waals surface area contributed by atoms with E-state index in [-0.39, 0.29) is 23.6 Å². The first-order chi connectivity index (χ1) is 10.8. The number of ether oxygens (including phenoxy) is 2. The molecule has 1 rings (SSSR count). The molecule has 7 heteroatoms. The van der Waals surface area contributed by atoms with Crippen molar-refractivity contribution in [3.05, 3.63) is 0 Å². The molecule has 0 unspecified atom stereocenters. The van der Waals surface area contributed by atoms with Gasteiger partial charge in [-0.3, -0.25) is 4.79 Å². The molecule has 3 N–H and O–H groups in total. The molecule has 1 amide bonds. The van der Waals surface area contributed by atoms with Crippen molar-refractivity contribution >= 4 is 11.9 Å². The highest BCUT2D eigenvalue weighted by atomic mass is 16.5. The summed E-state index contributed by atoms with van der Waals surface area (Å²) in [5, 5.41) is 9.33. The van der Waals surface area contributed by atoms with Crippen molar-refractivity contribution in [2.24, 2.45) is 4.99 Å². The summed E-state index contributed by atoms with van der Waals surface area (Å²) in [5.74, 6) is 0.529. The van der Waals surface area contributed by atoms with Gasteiger partial charge in [0.2, 0.25) is 5.91 Å². The lowest BCUT2D eigenvalue weighted by atomic mass is 9.94. The van der Waals surface area contributed by atoms with E-state index in [0.29, 0.717) is 25.7 Å². The normalized spacial score (nSPS) is 18.4. The molecule has 0 spiro atoms. The Kier molecular flexibility index (Phi) is 7.78. The first-order valence-electron chi connectivity index (χ1n) is 8.26. The number of nitrogens with one attached hydrogen (secondary N) is 3. The third kappa shape index (κ3) is 7.65. The Morgan fingerprint density at radius 3 is 2.43 bits per heavy atom. The molecule has 1 heterocycles. The molecular formula is C16H32N4O3. The lowest BCUT2D eigenvalue weighted by Gasteiger charge is -2.36. The van der Waals surface area contributed by atoms with Crippen molar-refractivity contribution in [2.75, 3.05) is 40.0 Å². The quantitative estimate of drug-likeness (QED) is 0.492. The third-order valence-corrected chi connectivity index (χ3v) is 3.65. The Morgan fingerprint density at radius 2 is 1.91 bits per heavy atom. The maximum atomic E-state index is 11.9. The van der Waals surface area contributed by atoms with E-state index < -0.39 is 0 Å². The van der Waals surface area contributed by atoms with Gasteiger partial charge in [-0.05, 0) is 27.7 Å². The van der Waals surface area contributed by atoms with Crippen molar-refractivity contribution in [3.63, 3.8) is 0 Å². The van der Waals surface area contributed by atoms with Crippen LogP contribution < -0.4 is 16.0 Å². The van der Waals surface area contributed by atoms with Crippen LogP contribution >= 0.6 is 0 Å². The smallest absolute Gasteiger partial charge is 0.242 e. The SMILES string of the molecule is CCNC(=NCC(=O)NC(C)(C)C)NCC1(OC)CCOCC1. The van der Waals surface area contributed by atoms with Crippen LogP contribution in [0.2, 0.25) is 0 Å². The fraction of sp³-hybridized carbons (Fsp3) is 0.875. The van der Waals surface area contributed by atoms with Gasteiger partial charge in [0.1, 0.15) is 6.54 Å². The molecule has 1 saturated heterocycles. The highest BCUT2D eigenvalue weighted by molar-refractivity contribution is 5.85. The summed E-state index contributed by atoms with van der Waals surface area (Å²) in [7, 11) is 1.73. The molecule has 0 saturated carbocycles. The third-order valence-electron chi connectivity index (χ3n) is 3.65. The fourth-order valence-corrected chi connectivity index (χ4v) is 2.39. The second kappa shape index (κ2) is 9.08. The number of methoxy groups -OCH3 is 1. The van der Waals surface area contributed by atoms with E-state index in [1.54, 1.807) is 7.11 Å². The van der Waals surface area contributed by atoms with Crippen molar-refractivity contribution in [1.82, 2.24) is 16.0 Å². The van der Waals surface area contributed by atoms with Gasteiger partial charge in [0.25, 0.3) is 0 Å². The van der Waals surface area contributed by atoms with Crippen LogP contribution in [0.5, 0.6) is 0 Å². The van der Waals surface area contributed by atoms with Crippen LogP contribution in [-0.4, -0.2) is 63.0 Å². The van der Waals surface area contributed by atoms with Crippen molar-refractivity contribution in [1.29, 1.82) is 0 Å². The number of aliphatic imine (C=N–C) groups is 1. The summed E-state index contributed by atoms with van der Waals surface area (Å²) in [5.41, 5.74) is -0.483.